The third kappa shape index (κ3) is 5.46. The molecule has 0 atom stereocenters. The van der Waals surface area contributed by atoms with Gasteiger partial charge in [-0.1, -0.05) is 0 Å². The maximum atomic E-state index is 11.7. The third-order valence-corrected chi connectivity index (χ3v) is 2.56. The van der Waals surface area contributed by atoms with Crippen LogP contribution in [0.2, 0.25) is 0 Å². The molecule has 0 aliphatic rings. The fraction of sp³-hybridized carbons (Fsp3) is 0.462. The van der Waals surface area contributed by atoms with Gasteiger partial charge in [0.2, 0.25) is 0 Å². The van der Waals surface area contributed by atoms with Crippen LogP contribution in [0.25, 0.3) is 0 Å². The Morgan fingerprint density at radius 2 is 2.00 bits per heavy atom. The van der Waals surface area contributed by atoms with E-state index in [1.165, 1.54) is 32.5 Å². The van der Waals surface area contributed by atoms with Gasteiger partial charge in [0.25, 0.3) is 11.8 Å². The van der Waals surface area contributed by atoms with Crippen molar-refractivity contribution in [1.29, 1.82) is 0 Å². The average molecular weight is 296 g/mol. The van der Waals surface area contributed by atoms with Crippen LogP contribution in [0, 0.1) is 5.21 Å². The van der Waals surface area contributed by atoms with Crippen molar-refractivity contribution in [3.8, 4) is 0 Å². The van der Waals surface area contributed by atoms with Gasteiger partial charge in [-0.25, -0.2) is 0 Å². The SMILES string of the molecule is COCCNC(=O)c1ccc(C(=O)N([O-])CCOC)nc1. The molecule has 0 saturated carbocycles. The Labute approximate surface area is 122 Å². The number of nitrogens with one attached hydrogen (secondary N) is 1. The molecule has 116 valence electrons. The minimum atomic E-state index is -0.765. The monoisotopic (exact) mass is 296 g/mol. The number of carbonyl (C=O) groups excluding carboxylic acids is 2. The number of hydrogen-bond donors (Lipinski definition) is 1. The number of pyridine rings is 1. The molecule has 0 spiro atoms. The van der Waals surface area contributed by atoms with Crippen molar-refractivity contribution in [3.63, 3.8) is 0 Å². The Morgan fingerprint density at radius 3 is 2.57 bits per heavy atom. The molecule has 8 heteroatoms. The van der Waals surface area contributed by atoms with Crippen molar-refractivity contribution < 1.29 is 19.1 Å². The summed E-state index contributed by atoms with van der Waals surface area (Å²) in [4.78, 5) is 27.2. The first kappa shape index (κ1) is 17.0. The molecule has 0 aliphatic heterocycles. The molecule has 8 nitrogen and oxygen atoms in total. The quantitative estimate of drug-likeness (QED) is 0.537. The predicted octanol–water partition coefficient (Wildman–Crippen LogP) is 0.0442. The molecule has 1 aromatic rings. The molecular weight excluding hydrogens is 278 g/mol. The lowest BCUT2D eigenvalue weighted by Crippen LogP contribution is -2.29. The molecule has 1 heterocycles. The largest absolute Gasteiger partial charge is 0.756 e. The molecule has 1 N–H and O–H groups in total. The standard InChI is InChI=1S/C13H18N3O5/c1-20-7-5-14-12(17)10-3-4-11(15-9-10)13(18)16(19)6-8-21-2/h3-4,9H,5-8H2,1-2H3,(H,14,17)/q-1. The number of hydroxylamine groups is 2. The van der Waals surface area contributed by atoms with Crippen LogP contribution in [0.4, 0.5) is 0 Å². The summed E-state index contributed by atoms with van der Waals surface area (Å²) in [5, 5.41) is 14.3. The van der Waals surface area contributed by atoms with Gasteiger partial charge in [0.05, 0.1) is 18.8 Å². The summed E-state index contributed by atoms with van der Waals surface area (Å²) in [6.45, 7) is 0.854. The number of methoxy groups -OCH3 is 2. The van der Waals surface area contributed by atoms with Gasteiger partial charge in [0.15, 0.2) is 0 Å². The fourth-order valence-corrected chi connectivity index (χ4v) is 1.43. The van der Waals surface area contributed by atoms with Crippen LogP contribution in [-0.2, 0) is 9.47 Å². The van der Waals surface area contributed by atoms with Crippen molar-refractivity contribution in [3.05, 3.63) is 34.8 Å². The molecule has 0 bridgehead atoms. The van der Waals surface area contributed by atoms with Gasteiger partial charge in [0, 0.05) is 33.5 Å². The van der Waals surface area contributed by atoms with Crippen molar-refractivity contribution in [2.45, 2.75) is 0 Å². The molecule has 1 rings (SSSR count). The molecule has 21 heavy (non-hydrogen) atoms. The summed E-state index contributed by atoms with van der Waals surface area (Å²) in [6.07, 6.45) is 1.25. The Bertz CT molecular complexity index is 463. The lowest BCUT2D eigenvalue weighted by Gasteiger charge is -2.27. The van der Waals surface area contributed by atoms with Crippen LogP contribution in [0.3, 0.4) is 0 Å². The first-order valence-corrected chi connectivity index (χ1v) is 6.31. The second-order valence-electron chi connectivity index (χ2n) is 4.08. The van der Waals surface area contributed by atoms with Crippen LogP contribution in [0.1, 0.15) is 20.8 Å². The van der Waals surface area contributed by atoms with E-state index in [-0.39, 0.29) is 29.8 Å². The van der Waals surface area contributed by atoms with E-state index in [1.807, 2.05) is 0 Å². The van der Waals surface area contributed by atoms with E-state index >= 15 is 0 Å². The summed E-state index contributed by atoms with van der Waals surface area (Å²) in [6, 6.07) is 2.78. The van der Waals surface area contributed by atoms with Crippen molar-refractivity contribution >= 4 is 11.8 Å². The number of amides is 2. The number of carbonyl (C=O) groups is 2. The normalized spacial score (nSPS) is 10.2. The summed E-state index contributed by atoms with van der Waals surface area (Å²) >= 11 is 0. The van der Waals surface area contributed by atoms with Crippen LogP contribution >= 0.6 is 0 Å². The minimum absolute atomic E-state index is 0.0189. The van der Waals surface area contributed by atoms with Gasteiger partial charge in [-0.3, -0.25) is 14.6 Å². The first-order chi connectivity index (χ1) is 10.1. The van der Waals surface area contributed by atoms with Gasteiger partial charge in [-0.15, -0.1) is 0 Å². The Balaban J connectivity index is 2.60. The molecule has 0 aliphatic carbocycles. The number of aromatic nitrogens is 1. The van der Waals surface area contributed by atoms with Gasteiger partial charge in [-0.05, 0) is 12.1 Å². The van der Waals surface area contributed by atoms with Crippen molar-refractivity contribution in [2.24, 2.45) is 0 Å². The van der Waals surface area contributed by atoms with E-state index < -0.39 is 5.91 Å². The molecule has 0 saturated heterocycles. The van der Waals surface area contributed by atoms with Gasteiger partial charge in [-0.2, -0.15) is 0 Å². The molecular formula is C13H18N3O5-. The highest BCUT2D eigenvalue weighted by atomic mass is 16.5. The molecule has 0 radical (unpaired) electrons. The Morgan fingerprint density at radius 1 is 1.29 bits per heavy atom. The van der Waals surface area contributed by atoms with Crippen LogP contribution < -0.4 is 5.32 Å². The zero-order valence-corrected chi connectivity index (χ0v) is 12.0. The lowest BCUT2D eigenvalue weighted by atomic mass is 10.2. The second-order valence-corrected chi connectivity index (χ2v) is 4.08. The highest BCUT2D eigenvalue weighted by Crippen LogP contribution is 2.04. The number of nitrogens with zero attached hydrogens (tertiary/aromatic N) is 2. The van der Waals surface area contributed by atoms with E-state index in [1.54, 1.807) is 0 Å². The molecule has 1 aromatic heterocycles. The second kappa shape index (κ2) is 9.01. The minimum Gasteiger partial charge on any atom is -0.756 e. The van der Waals surface area contributed by atoms with E-state index in [0.717, 1.165) is 0 Å². The molecule has 0 aromatic carbocycles. The zero-order valence-electron chi connectivity index (χ0n) is 12.0. The Hall–Kier alpha value is -2.03. The van der Waals surface area contributed by atoms with Crippen LogP contribution in [-0.4, -0.2) is 62.4 Å². The predicted molar refractivity (Wildman–Crippen MR) is 74.7 cm³/mol. The Kier molecular flexibility index (Phi) is 7.30. The molecule has 0 unspecified atom stereocenters. The van der Waals surface area contributed by atoms with Gasteiger partial charge >= 0.3 is 0 Å². The van der Waals surface area contributed by atoms with Crippen LogP contribution in [0.5, 0.6) is 0 Å². The van der Waals surface area contributed by atoms with E-state index in [0.29, 0.717) is 18.7 Å². The summed E-state index contributed by atoms with van der Waals surface area (Å²) < 4.78 is 9.53. The van der Waals surface area contributed by atoms with Crippen LogP contribution in [0.15, 0.2) is 18.3 Å². The summed E-state index contributed by atoms with van der Waals surface area (Å²) in [5.41, 5.74) is 0.284. The average Bonchev–Trinajstić information content (AvgIpc) is 2.52. The molecule has 2 amide bonds. The van der Waals surface area contributed by atoms with Gasteiger partial charge in [0.1, 0.15) is 5.69 Å². The van der Waals surface area contributed by atoms with E-state index in [4.69, 9.17) is 9.47 Å². The third-order valence-electron chi connectivity index (χ3n) is 2.56. The number of ether oxygens (including phenoxy) is 2. The summed E-state index contributed by atoms with van der Waals surface area (Å²) in [7, 11) is 2.97. The topological polar surface area (TPSA) is 104 Å². The first-order valence-electron chi connectivity index (χ1n) is 6.31. The van der Waals surface area contributed by atoms with E-state index in [2.05, 4.69) is 10.3 Å². The van der Waals surface area contributed by atoms with Crippen molar-refractivity contribution in [2.75, 3.05) is 40.5 Å². The summed E-state index contributed by atoms with van der Waals surface area (Å²) in [5.74, 6) is -1.09. The van der Waals surface area contributed by atoms with E-state index in [9.17, 15) is 14.8 Å². The smallest absolute Gasteiger partial charge is 0.261 e. The number of hydrogen-bond acceptors (Lipinski definition) is 6. The van der Waals surface area contributed by atoms with Gasteiger partial charge < -0.3 is 25.1 Å². The van der Waals surface area contributed by atoms with Crippen molar-refractivity contribution in [1.82, 2.24) is 15.4 Å². The highest BCUT2D eigenvalue weighted by Gasteiger charge is 2.11. The highest BCUT2D eigenvalue weighted by molar-refractivity contribution is 5.96. The lowest BCUT2D eigenvalue weighted by molar-refractivity contribution is 0.0771. The molecule has 0 fully saturated rings. The number of rotatable bonds is 8. The maximum Gasteiger partial charge on any atom is 0.261 e. The maximum absolute atomic E-state index is 11.7. The fourth-order valence-electron chi connectivity index (χ4n) is 1.43. The zero-order chi connectivity index (χ0) is 15.7.